The molecule has 18 heavy (non-hydrogen) atoms. The maximum atomic E-state index is 11.4. The highest BCUT2D eigenvalue weighted by atomic mass is 35.5. The van der Waals surface area contributed by atoms with Gasteiger partial charge in [-0.05, 0) is 30.5 Å². The summed E-state index contributed by atoms with van der Waals surface area (Å²) < 4.78 is 0. The number of rotatable bonds is 7. The zero-order chi connectivity index (χ0) is 13.5. The quantitative estimate of drug-likeness (QED) is 0.590. The Morgan fingerprint density at radius 3 is 2.61 bits per heavy atom. The van der Waals surface area contributed by atoms with E-state index in [1.807, 2.05) is 0 Å². The second kappa shape index (κ2) is 7.39. The molecule has 1 aromatic carbocycles. The molecular weight excluding hydrogens is 252 g/mol. The molecule has 0 bridgehead atoms. The van der Waals surface area contributed by atoms with Crippen LogP contribution in [-0.2, 0) is 6.42 Å². The van der Waals surface area contributed by atoms with Gasteiger partial charge in [0.25, 0.3) is 0 Å². The Morgan fingerprint density at radius 2 is 2.00 bits per heavy atom. The average molecular weight is 271 g/mol. The number of unbranched alkanes of at least 4 members (excludes halogenated alkanes) is 3. The minimum Gasteiger partial charge on any atom is -0.506 e. The van der Waals surface area contributed by atoms with Crippen molar-refractivity contribution in [2.75, 3.05) is 6.61 Å². The summed E-state index contributed by atoms with van der Waals surface area (Å²) in [5.41, 5.74) is 1.03. The molecule has 0 unspecified atom stereocenters. The van der Waals surface area contributed by atoms with Crippen LogP contribution in [0.25, 0.3) is 0 Å². The molecule has 0 saturated carbocycles. The maximum Gasteiger partial charge on any atom is 0.191 e. The van der Waals surface area contributed by atoms with Gasteiger partial charge in [0.15, 0.2) is 5.78 Å². The van der Waals surface area contributed by atoms with Crippen molar-refractivity contribution in [2.24, 2.45) is 0 Å². The van der Waals surface area contributed by atoms with Gasteiger partial charge in [-0.2, -0.15) is 0 Å². The summed E-state index contributed by atoms with van der Waals surface area (Å²) >= 11 is 5.88. The first-order valence-corrected chi connectivity index (χ1v) is 6.63. The highest BCUT2D eigenvalue weighted by Crippen LogP contribution is 2.30. The van der Waals surface area contributed by atoms with Crippen LogP contribution >= 0.6 is 11.6 Å². The Kier molecular flexibility index (Phi) is 6.16. The van der Waals surface area contributed by atoms with E-state index in [2.05, 4.69) is 6.92 Å². The number of carbonyl (C=O) groups is 1. The first-order valence-electron chi connectivity index (χ1n) is 6.25. The smallest absolute Gasteiger partial charge is 0.191 e. The summed E-state index contributed by atoms with van der Waals surface area (Å²) in [5, 5.41) is 18.7. The number of Topliss-reactive ketones (excluding diaryl/α,β-unsaturated/α-hetero) is 1. The largest absolute Gasteiger partial charge is 0.506 e. The molecule has 1 aromatic rings. The van der Waals surface area contributed by atoms with Gasteiger partial charge in [-0.15, -0.1) is 0 Å². The fraction of sp³-hybridized carbons (Fsp3) is 0.500. The summed E-state index contributed by atoms with van der Waals surface area (Å²) in [4.78, 5) is 11.4. The minimum absolute atomic E-state index is 0.107. The Hall–Kier alpha value is -1.06. The van der Waals surface area contributed by atoms with Gasteiger partial charge < -0.3 is 10.2 Å². The number of hydrogen-bond donors (Lipinski definition) is 2. The Morgan fingerprint density at radius 1 is 1.28 bits per heavy atom. The topological polar surface area (TPSA) is 57.5 Å². The molecular formula is C14H19ClO3. The monoisotopic (exact) mass is 270 g/mol. The number of phenols is 1. The lowest BCUT2D eigenvalue weighted by Crippen LogP contribution is -2.05. The molecule has 0 saturated heterocycles. The van der Waals surface area contributed by atoms with Gasteiger partial charge in [-0.25, -0.2) is 0 Å². The summed E-state index contributed by atoms with van der Waals surface area (Å²) in [7, 11) is 0. The van der Waals surface area contributed by atoms with Gasteiger partial charge in [0.05, 0.1) is 10.6 Å². The van der Waals surface area contributed by atoms with Crippen LogP contribution in [0.5, 0.6) is 5.75 Å². The lowest BCUT2D eigenvalue weighted by Gasteiger charge is -2.08. The molecule has 3 nitrogen and oxygen atoms in total. The van der Waals surface area contributed by atoms with E-state index >= 15 is 0 Å². The molecule has 2 N–H and O–H groups in total. The molecule has 0 radical (unpaired) electrons. The normalized spacial score (nSPS) is 10.6. The van der Waals surface area contributed by atoms with Crippen LogP contribution in [0.3, 0.4) is 0 Å². The van der Waals surface area contributed by atoms with Crippen molar-refractivity contribution in [3.8, 4) is 5.75 Å². The lowest BCUT2D eigenvalue weighted by molar-refractivity contribution is 0.0901. The molecule has 0 aliphatic rings. The van der Waals surface area contributed by atoms with Crippen LogP contribution in [0, 0.1) is 0 Å². The summed E-state index contributed by atoms with van der Waals surface area (Å²) in [6.45, 7) is 1.53. The van der Waals surface area contributed by atoms with Gasteiger partial charge in [0.2, 0.25) is 0 Å². The number of aryl methyl sites for hydroxylation is 1. The molecule has 0 heterocycles. The first kappa shape index (κ1) is 15.0. The van der Waals surface area contributed by atoms with Crippen LogP contribution < -0.4 is 0 Å². The van der Waals surface area contributed by atoms with E-state index < -0.39 is 12.4 Å². The molecule has 0 aromatic heterocycles. The standard InChI is InChI=1S/C14H19ClO3/c1-2-3-4-5-6-10-7-11(13(17)9-16)14(18)12(15)8-10/h7-8,16,18H,2-6,9H2,1H3. The first-order chi connectivity index (χ1) is 8.60. The second-order valence-corrected chi connectivity index (χ2v) is 4.77. The van der Waals surface area contributed by atoms with E-state index in [1.165, 1.54) is 12.8 Å². The van der Waals surface area contributed by atoms with Crippen LogP contribution in [0.2, 0.25) is 5.02 Å². The summed E-state index contributed by atoms with van der Waals surface area (Å²) in [5.74, 6) is -0.752. The zero-order valence-corrected chi connectivity index (χ0v) is 11.3. The molecule has 1 rings (SSSR count). The Bertz CT molecular complexity index is 416. The van der Waals surface area contributed by atoms with Crippen molar-refractivity contribution < 1.29 is 15.0 Å². The number of benzene rings is 1. The van der Waals surface area contributed by atoms with Gasteiger partial charge >= 0.3 is 0 Å². The van der Waals surface area contributed by atoms with Crippen LogP contribution in [0.4, 0.5) is 0 Å². The van der Waals surface area contributed by atoms with E-state index in [1.54, 1.807) is 12.1 Å². The van der Waals surface area contributed by atoms with Crippen molar-refractivity contribution in [3.63, 3.8) is 0 Å². The number of aliphatic hydroxyl groups excluding tert-OH is 1. The number of ketones is 1. The predicted molar refractivity (Wildman–Crippen MR) is 72.4 cm³/mol. The van der Waals surface area contributed by atoms with Crippen molar-refractivity contribution >= 4 is 17.4 Å². The van der Waals surface area contributed by atoms with E-state index in [-0.39, 0.29) is 16.3 Å². The van der Waals surface area contributed by atoms with Crippen molar-refractivity contribution in [1.82, 2.24) is 0 Å². The van der Waals surface area contributed by atoms with Crippen molar-refractivity contribution in [2.45, 2.75) is 39.0 Å². The number of phenolic OH excluding ortho intramolecular Hbond substituents is 1. The third-order valence-corrected chi connectivity index (χ3v) is 3.17. The molecule has 0 atom stereocenters. The minimum atomic E-state index is -0.622. The second-order valence-electron chi connectivity index (χ2n) is 4.37. The van der Waals surface area contributed by atoms with Gasteiger partial charge in [-0.1, -0.05) is 37.8 Å². The fourth-order valence-electron chi connectivity index (χ4n) is 1.85. The number of aromatic hydroxyl groups is 1. The fourth-order valence-corrected chi connectivity index (χ4v) is 2.10. The maximum absolute atomic E-state index is 11.4. The van der Waals surface area contributed by atoms with E-state index in [0.29, 0.717) is 0 Å². The molecule has 100 valence electrons. The third-order valence-electron chi connectivity index (χ3n) is 2.89. The van der Waals surface area contributed by atoms with E-state index in [0.717, 1.165) is 24.8 Å². The van der Waals surface area contributed by atoms with Crippen molar-refractivity contribution in [3.05, 3.63) is 28.3 Å². The summed E-state index contributed by atoms with van der Waals surface area (Å²) in [6, 6.07) is 3.29. The molecule has 0 aliphatic carbocycles. The molecule has 4 heteroatoms. The van der Waals surface area contributed by atoms with Gasteiger partial charge in [0, 0.05) is 0 Å². The Balaban J connectivity index is 2.81. The number of aliphatic hydroxyl groups is 1. The van der Waals surface area contributed by atoms with Crippen LogP contribution in [-0.4, -0.2) is 22.6 Å². The van der Waals surface area contributed by atoms with Crippen molar-refractivity contribution in [1.29, 1.82) is 0 Å². The number of hydrogen-bond acceptors (Lipinski definition) is 3. The van der Waals surface area contributed by atoms with Crippen LogP contribution in [0.15, 0.2) is 12.1 Å². The lowest BCUT2D eigenvalue weighted by atomic mass is 10.0. The van der Waals surface area contributed by atoms with Gasteiger partial charge in [0.1, 0.15) is 12.4 Å². The predicted octanol–water partition coefficient (Wildman–Crippen LogP) is 3.34. The van der Waals surface area contributed by atoms with E-state index in [4.69, 9.17) is 16.7 Å². The van der Waals surface area contributed by atoms with Crippen LogP contribution in [0.1, 0.15) is 48.5 Å². The zero-order valence-electron chi connectivity index (χ0n) is 10.6. The number of carbonyl (C=O) groups excluding carboxylic acids is 1. The van der Waals surface area contributed by atoms with E-state index in [9.17, 15) is 9.90 Å². The molecule has 0 spiro atoms. The number of halogens is 1. The third kappa shape index (κ3) is 4.00. The Labute approximate surface area is 112 Å². The molecule has 0 aliphatic heterocycles. The average Bonchev–Trinajstić information content (AvgIpc) is 2.37. The highest BCUT2D eigenvalue weighted by Gasteiger charge is 2.14. The van der Waals surface area contributed by atoms with Gasteiger partial charge in [-0.3, -0.25) is 4.79 Å². The summed E-state index contributed by atoms with van der Waals surface area (Å²) in [6.07, 6.45) is 5.35. The SMILES string of the molecule is CCCCCCc1cc(Cl)c(O)c(C(=O)CO)c1. The molecule has 0 amide bonds. The highest BCUT2D eigenvalue weighted by molar-refractivity contribution is 6.32. The molecule has 0 fully saturated rings.